The van der Waals surface area contributed by atoms with Crippen molar-refractivity contribution in [3.63, 3.8) is 0 Å². The lowest BCUT2D eigenvalue weighted by atomic mass is 10.1. The van der Waals surface area contributed by atoms with Gasteiger partial charge in [0.25, 0.3) is 0 Å². The van der Waals surface area contributed by atoms with Gasteiger partial charge in [-0.15, -0.1) is 0 Å². The zero-order valence-electron chi connectivity index (χ0n) is 12.5. The van der Waals surface area contributed by atoms with Crippen LogP contribution in [0.3, 0.4) is 0 Å². The van der Waals surface area contributed by atoms with Crippen molar-refractivity contribution in [2.45, 2.75) is 51.6 Å². The zero-order valence-corrected chi connectivity index (χ0v) is 14.9. The van der Waals surface area contributed by atoms with E-state index in [2.05, 4.69) is 40.0 Å². The molecule has 0 spiro atoms. The Balaban J connectivity index is 1.98. The minimum absolute atomic E-state index is 0.000164. The standard InChI is InChI=1S/C16H22BrClN2O/c1-11(2)20(13-5-3-4-6-13)10-16(21)19-15-8-7-12(17)9-14(15)18/h7-9,11,13H,3-6,10H2,1-2H3,(H,19,21). The smallest absolute Gasteiger partial charge is 0.238 e. The molecular formula is C16H22BrClN2O. The third-order valence-corrected chi connectivity index (χ3v) is 4.79. The second-order valence-corrected chi connectivity index (χ2v) is 7.20. The minimum Gasteiger partial charge on any atom is -0.324 e. The molecular weight excluding hydrogens is 352 g/mol. The predicted molar refractivity (Wildman–Crippen MR) is 91.9 cm³/mol. The van der Waals surface area contributed by atoms with Crippen molar-refractivity contribution in [3.8, 4) is 0 Å². The van der Waals surface area contributed by atoms with E-state index in [1.54, 1.807) is 6.07 Å². The normalized spacial score (nSPS) is 15.9. The van der Waals surface area contributed by atoms with Gasteiger partial charge in [-0.25, -0.2) is 0 Å². The summed E-state index contributed by atoms with van der Waals surface area (Å²) in [5.41, 5.74) is 0.667. The van der Waals surface area contributed by atoms with E-state index in [-0.39, 0.29) is 5.91 Å². The van der Waals surface area contributed by atoms with Crippen LogP contribution in [-0.4, -0.2) is 29.4 Å². The summed E-state index contributed by atoms with van der Waals surface area (Å²) < 4.78 is 0.903. The van der Waals surface area contributed by atoms with Gasteiger partial charge in [0, 0.05) is 16.6 Å². The Morgan fingerprint density at radius 1 is 1.43 bits per heavy atom. The number of nitrogens with zero attached hydrogens (tertiary/aromatic N) is 1. The molecule has 0 radical (unpaired) electrons. The second kappa shape index (κ2) is 7.61. The predicted octanol–water partition coefficient (Wildman–Crippen LogP) is 4.69. The lowest BCUT2D eigenvalue weighted by Crippen LogP contribution is -2.43. The van der Waals surface area contributed by atoms with E-state index in [9.17, 15) is 4.79 Å². The maximum atomic E-state index is 12.3. The zero-order chi connectivity index (χ0) is 15.4. The molecule has 5 heteroatoms. The van der Waals surface area contributed by atoms with Crippen LogP contribution in [-0.2, 0) is 4.79 Å². The van der Waals surface area contributed by atoms with Crippen molar-refractivity contribution in [3.05, 3.63) is 27.7 Å². The summed E-state index contributed by atoms with van der Waals surface area (Å²) in [5, 5.41) is 3.46. The number of amides is 1. The average Bonchev–Trinajstić information content (AvgIpc) is 2.92. The summed E-state index contributed by atoms with van der Waals surface area (Å²) in [5.74, 6) is -0.000164. The Kier molecular flexibility index (Phi) is 6.08. The van der Waals surface area contributed by atoms with E-state index in [4.69, 9.17) is 11.6 Å². The first-order valence-corrected chi connectivity index (χ1v) is 8.65. The monoisotopic (exact) mass is 372 g/mol. The Morgan fingerprint density at radius 2 is 2.10 bits per heavy atom. The molecule has 21 heavy (non-hydrogen) atoms. The SMILES string of the molecule is CC(C)N(CC(=O)Nc1ccc(Br)cc1Cl)C1CCCC1. The molecule has 2 rings (SSSR count). The molecule has 0 atom stereocenters. The molecule has 1 aromatic rings. The highest BCUT2D eigenvalue weighted by Crippen LogP contribution is 2.27. The highest BCUT2D eigenvalue weighted by molar-refractivity contribution is 9.10. The van der Waals surface area contributed by atoms with Crippen LogP contribution in [0, 0.1) is 0 Å². The Bertz CT molecular complexity index is 501. The van der Waals surface area contributed by atoms with Crippen LogP contribution in [0.15, 0.2) is 22.7 Å². The van der Waals surface area contributed by atoms with Gasteiger partial charge in [-0.1, -0.05) is 40.4 Å². The molecule has 0 unspecified atom stereocenters. The highest BCUT2D eigenvalue weighted by Gasteiger charge is 2.26. The Labute approximate surface area is 140 Å². The first-order chi connectivity index (χ1) is 9.97. The number of rotatable bonds is 5. The molecule has 0 heterocycles. The van der Waals surface area contributed by atoms with Gasteiger partial charge in [0.05, 0.1) is 17.3 Å². The van der Waals surface area contributed by atoms with Crippen molar-refractivity contribution in [2.75, 3.05) is 11.9 Å². The number of carbonyl (C=O) groups excluding carboxylic acids is 1. The molecule has 1 aliphatic carbocycles. The lowest BCUT2D eigenvalue weighted by molar-refractivity contribution is -0.118. The molecule has 116 valence electrons. The summed E-state index contributed by atoms with van der Waals surface area (Å²) in [6.45, 7) is 4.73. The van der Waals surface area contributed by atoms with Crippen molar-refractivity contribution in [2.24, 2.45) is 0 Å². The summed E-state index contributed by atoms with van der Waals surface area (Å²) in [4.78, 5) is 14.6. The number of nitrogens with one attached hydrogen (secondary N) is 1. The van der Waals surface area contributed by atoms with Gasteiger partial charge < -0.3 is 5.32 Å². The van der Waals surface area contributed by atoms with Crippen molar-refractivity contribution < 1.29 is 4.79 Å². The fourth-order valence-corrected chi connectivity index (χ4v) is 3.64. The van der Waals surface area contributed by atoms with Gasteiger partial charge >= 0.3 is 0 Å². The van der Waals surface area contributed by atoms with Crippen LogP contribution in [0.1, 0.15) is 39.5 Å². The van der Waals surface area contributed by atoms with Crippen LogP contribution in [0.2, 0.25) is 5.02 Å². The maximum absolute atomic E-state index is 12.3. The molecule has 0 bridgehead atoms. The van der Waals surface area contributed by atoms with E-state index in [1.165, 1.54) is 25.7 Å². The molecule has 1 aliphatic rings. The Morgan fingerprint density at radius 3 is 2.67 bits per heavy atom. The second-order valence-electron chi connectivity index (χ2n) is 5.88. The number of halogens is 2. The molecule has 0 saturated heterocycles. The van der Waals surface area contributed by atoms with Crippen LogP contribution in [0.5, 0.6) is 0 Å². The molecule has 1 fully saturated rings. The quantitative estimate of drug-likeness (QED) is 0.811. The molecule has 1 N–H and O–H groups in total. The number of hydrogen-bond donors (Lipinski definition) is 1. The van der Waals surface area contributed by atoms with Gasteiger partial charge in [0.15, 0.2) is 0 Å². The summed E-state index contributed by atoms with van der Waals surface area (Å²) in [7, 11) is 0. The largest absolute Gasteiger partial charge is 0.324 e. The summed E-state index contributed by atoms with van der Waals surface area (Å²) >= 11 is 9.50. The molecule has 0 aliphatic heterocycles. The van der Waals surface area contributed by atoms with Gasteiger partial charge in [0.2, 0.25) is 5.91 Å². The molecule has 0 aromatic heterocycles. The third-order valence-electron chi connectivity index (χ3n) is 3.99. The van der Waals surface area contributed by atoms with Gasteiger partial charge in [-0.05, 0) is 44.9 Å². The maximum Gasteiger partial charge on any atom is 0.238 e. The minimum atomic E-state index is -0.000164. The van der Waals surface area contributed by atoms with E-state index >= 15 is 0 Å². The molecule has 1 saturated carbocycles. The van der Waals surface area contributed by atoms with Gasteiger partial charge in [0.1, 0.15) is 0 Å². The lowest BCUT2D eigenvalue weighted by Gasteiger charge is -2.31. The molecule has 1 amide bonds. The van der Waals surface area contributed by atoms with E-state index in [1.807, 2.05) is 12.1 Å². The number of benzene rings is 1. The van der Waals surface area contributed by atoms with Crippen molar-refractivity contribution in [1.29, 1.82) is 0 Å². The molecule has 1 aromatic carbocycles. The van der Waals surface area contributed by atoms with E-state index in [0.717, 1.165) is 4.47 Å². The van der Waals surface area contributed by atoms with Crippen molar-refractivity contribution in [1.82, 2.24) is 4.90 Å². The van der Waals surface area contributed by atoms with Crippen LogP contribution in [0.25, 0.3) is 0 Å². The molecule has 3 nitrogen and oxygen atoms in total. The number of hydrogen-bond acceptors (Lipinski definition) is 2. The van der Waals surface area contributed by atoms with Gasteiger partial charge in [-0.3, -0.25) is 9.69 Å². The average molecular weight is 374 g/mol. The summed E-state index contributed by atoms with van der Waals surface area (Å²) in [6.07, 6.45) is 4.94. The first kappa shape index (κ1) is 16.8. The third kappa shape index (κ3) is 4.70. The Hall–Kier alpha value is -0.580. The summed E-state index contributed by atoms with van der Waals surface area (Å²) in [6, 6.07) is 6.39. The van der Waals surface area contributed by atoms with Crippen LogP contribution >= 0.6 is 27.5 Å². The van der Waals surface area contributed by atoms with E-state index in [0.29, 0.717) is 29.3 Å². The first-order valence-electron chi connectivity index (χ1n) is 7.48. The van der Waals surface area contributed by atoms with E-state index < -0.39 is 0 Å². The fourth-order valence-electron chi connectivity index (χ4n) is 2.92. The topological polar surface area (TPSA) is 32.3 Å². The van der Waals surface area contributed by atoms with Crippen molar-refractivity contribution >= 4 is 39.1 Å². The fraction of sp³-hybridized carbons (Fsp3) is 0.562. The van der Waals surface area contributed by atoms with Gasteiger partial charge in [-0.2, -0.15) is 0 Å². The number of anilines is 1. The van der Waals surface area contributed by atoms with Crippen LogP contribution < -0.4 is 5.32 Å². The highest BCUT2D eigenvalue weighted by atomic mass is 79.9. The van der Waals surface area contributed by atoms with Crippen LogP contribution in [0.4, 0.5) is 5.69 Å². The number of carbonyl (C=O) groups is 1.